The van der Waals surface area contributed by atoms with E-state index in [1.165, 1.54) is 12.1 Å². The smallest absolute Gasteiger partial charge is 0.123 e. The molecule has 0 radical (unpaired) electrons. The van der Waals surface area contributed by atoms with Crippen molar-refractivity contribution in [3.8, 4) is 5.75 Å². The number of hydrogen-bond acceptors (Lipinski definition) is 2. The molecule has 0 aliphatic rings. The highest BCUT2D eigenvalue weighted by molar-refractivity contribution is 7.80. The van der Waals surface area contributed by atoms with Crippen LogP contribution in [0.15, 0.2) is 42.5 Å². The molecule has 19 heavy (non-hydrogen) atoms. The van der Waals surface area contributed by atoms with Gasteiger partial charge in [-0.1, -0.05) is 29.9 Å². The van der Waals surface area contributed by atoms with Crippen LogP contribution in [0.4, 0.5) is 4.39 Å². The van der Waals surface area contributed by atoms with Crippen molar-refractivity contribution in [2.24, 2.45) is 5.73 Å². The largest absolute Gasteiger partial charge is 0.489 e. The molecule has 0 unspecified atom stereocenters. The van der Waals surface area contributed by atoms with Crippen LogP contribution in [0.2, 0.25) is 5.02 Å². The molecule has 0 aromatic heterocycles. The number of hydrogen-bond donors (Lipinski definition) is 1. The summed E-state index contributed by atoms with van der Waals surface area (Å²) in [5, 5.41) is 0.575. The molecule has 2 aromatic rings. The molecule has 0 aliphatic heterocycles. The maximum atomic E-state index is 13.2. The zero-order valence-electron chi connectivity index (χ0n) is 9.90. The van der Waals surface area contributed by atoms with E-state index in [9.17, 15) is 4.39 Å². The molecule has 0 atom stereocenters. The molecule has 0 saturated carbocycles. The van der Waals surface area contributed by atoms with Crippen molar-refractivity contribution in [3.63, 3.8) is 0 Å². The van der Waals surface area contributed by atoms with Gasteiger partial charge in [-0.25, -0.2) is 4.39 Å². The molecule has 2 N–H and O–H groups in total. The van der Waals surface area contributed by atoms with Gasteiger partial charge >= 0.3 is 0 Å². The van der Waals surface area contributed by atoms with Crippen LogP contribution in [-0.4, -0.2) is 4.99 Å². The Bertz CT molecular complexity index is 618. The van der Waals surface area contributed by atoms with Crippen molar-refractivity contribution in [1.29, 1.82) is 0 Å². The van der Waals surface area contributed by atoms with Gasteiger partial charge in [0.15, 0.2) is 0 Å². The van der Waals surface area contributed by atoms with E-state index >= 15 is 0 Å². The van der Waals surface area contributed by atoms with E-state index in [1.54, 1.807) is 30.3 Å². The fraction of sp³-hybridized carbons (Fsp3) is 0.0714. The average molecular weight is 296 g/mol. The zero-order valence-corrected chi connectivity index (χ0v) is 11.5. The molecule has 2 rings (SSSR count). The van der Waals surface area contributed by atoms with Gasteiger partial charge in [-0.3, -0.25) is 0 Å². The van der Waals surface area contributed by atoms with Crippen LogP contribution in [0, 0.1) is 5.82 Å². The summed E-state index contributed by atoms with van der Waals surface area (Å²) >= 11 is 10.8. The Kier molecular flexibility index (Phi) is 4.35. The van der Waals surface area contributed by atoms with Gasteiger partial charge in [0.1, 0.15) is 23.2 Å². The highest BCUT2D eigenvalue weighted by Crippen LogP contribution is 2.20. The number of thiocarbonyl (C=S) groups is 1. The van der Waals surface area contributed by atoms with Crippen molar-refractivity contribution in [2.75, 3.05) is 0 Å². The Hall–Kier alpha value is -1.65. The summed E-state index contributed by atoms with van der Waals surface area (Å²) < 4.78 is 18.8. The second-order valence-electron chi connectivity index (χ2n) is 3.91. The van der Waals surface area contributed by atoms with Crippen LogP contribution in [-0.2, 0) is 6.61 Å². The molecular formula is C14H11ClFNOS. The fourth-order valence-electron chi connectivity index (χ4n) is 1.64. The maximum absolute atomic E-state index is 13.2. The Morgan fingerprint density at radius 3 is 2.74 bits per heavy atom. The Morgan fingerprint density at radius 1 is 1.26 bits per heavy atom. The van der Waals surface area contributed by atoms with Crippen molar-refractivity contribution in [3.05, 3.63) is 64.4 Å². The highest BCUT2D eigenvalue weighted by atomic mass is 35.5. The summed E-state index contributed by atoms with van der Waals surface area (Å²) in [6.07, 6.45) is 0. The van der Waals surface area contributed by atoms with Gasteiger partial charge in [-0.2, -0.15) is 0 Å². The van der Waals surface area contributed by atoms with Gasteiger partial charge in [0.25, 0.3) is 0 Å². The number of halogens is 2. The summed E-state index contributed by atoms with van der Waals surface area (Å²) in [4.78, 5) is 0.213. The first-order valence-corrected chi connectivity index (χ1v) is 6.31. The third kappa shape index (κ3) is 3.66. The second kappa shape index (κ2) is 5.99. The van der Waals surface area contributed by atoms with Crippen molar-refractivity contribution in [1.82, 2.24) is 0 Å². The van der Waals surface area contributed by atoms with Crippen molar-refractivity contribution in [2.45, 2.75) is 6.61 Å². The molecular weight excluding hydrogens is 285 g/mol. The monoisotopic (exact) mass is 295 g/mol. The zero-order chi connectivity index (χ0) is 13.8. The standard InChI is InChI=1S/C14H11ClFNOS/c15-10-2-1-3-12(7-10)18-8-9-6-11(16)4-5-13(9)14(17)19/h1-7H,8H2,(H2,17,19). The van der Waals surface area contributed by atoms with E-state index in [1.807, 2.05) is 0 Å². The number of rotatable bonds is 4. The second-order valence-corrected chi connectivity index (χ2v) is 4.79. The van der Waals surface area contributed by atoms with Crippen molar-refractivity contribution >= 4 is 28.8 Å². The number of nitrogens with two attached hydrogens (primary N) is 1. The van der Waals surface area contributed by atoms with E-state index in [-0.39, 0.29) is 17.4 Å². The quantitative estimate of drug-likeness (QED) is 0.874. The van der Waals surface area contributed by atoms with Gasteiger partial charge in [0, 0.05) is 16.1 Å². The highest BCUT2D eigenvalue weighted by Gasteiger charge is 2.07. The Morgan fingerprint density at radius 2 is 2.05 bits per heavy atom. The molecule has 0 amide bonds. The summed E-state index contributed by atoms with van der Waals surface area (Å²) in [7, 11) is 0. The molecule has 0 fully saturated rings. The molecule has 2 nitrogen and oxygen atoms in total. The SMILES string of the molecule is NC(=S)c1ccc(F)cc1COc1cccc(Cl)c1. The molecule has 0 spiro atoms. The molecule has 98 valence electrons. The molecule has 2 aromatic carbocycles. The van der Waals surface area contributed by atoms with Crippen LogP contribution in [0.1, 0.15) is 11.1 Å². The van der Waals surface area contributed by atoms with Crippen LogP contribution < -0.4 is 10.5 Å². The average Bonchev–Trinajstić information content (AvgIpc) is 2.36. The van der Waals surface area contributed by atoms with Gasteiger partial charge in [-0.05, 0) is 36.4 Å². The normalized spacial score (nSPS) is 10.2. The summed E-state index contributed by atoms with van der Waals surface area (Å²) in [5.74, 6) is 0.246. The molecule has 0 bridgehead atoms. The minimum absolute atomic E-state index is 0.171. The minimum atomic E-state index is -0.357. The maximum Gasteiger partial charge on any atom is 0.123 e. The number of benzene rings is 2. The predicted molar refractivity (Wildman–Crippen MR) is 78.1 cm³/mol. The van der Waals surface area contributed by atoms with Gasteiger partial charge in [-0.15, -0.1) is 0 Å². The minimum Gasteiger partial charge on any atom is -0.489 e. The Balaban J connectivity index is 2.19. The van der Waals surface area contributed by atoms with Crippen molar-refractivity contribution < 1.29 is 9.13 Å². The first-order valence-electron chi connectivity index (χ1n) is 5.53. The van der Waals surface area contributed by atoms with Gasteiger partial charge in [0.2, 0.25) is 0 Å². The van der Waals surface area contributed by atoms with Gasteiger partial charge < -0.3 is 10.5 Å². The lowest BCUT2D eigenvalue weighted by molar-refractivity contribution is 0.305. The van der Waals surface area contributed by atoms with Crippen LogP contribution in [0.3, 0.4) is 0 Å². The number of ether oxygens (including phenoxy) is 1. The molecule has 5 heteroatoms. The lowest BCUT2D eigenvalue weighted by Crippen LogP contribution is -2.13. The van der Waals surface area contributed by atoms with Gasteiger partial charge in [0.05, 0.1) is 0 Å². The third-order valence-corrected chi connectivity index (χ3v) is 2.98. The van der Waals surface area contributed by atoms with Crippen LogP contribution in [0.25, 0.3) is 0 Å². The van der Waals surface area contributed by atoms with E-state index in [0.717, 1.165) is 0 Å². The first-order chi connectivity index (χ1) is 9.06. The first kappa shape index (κ1) is 13.8. The summed E-state index contributed by atoms with van der Waals surface area (Å²) in [5.41, 5.74) is 6.80. The van der Waals surface area contributed by atoms with Crippen LogP contribution >= 0.6 is 23.8 Å². The van der Waals surface area contributed by atoms with E-state index in [2.05, 4.69) is 0 Å². The lowest BCUT2D eigenvalue weighted by Gasteiger charge is -2.10. The summed E-state index contributed by atoms with van der Waals surface area (Å²) in [6, 6.07) is 11.2. The fourth-order valence-corrected chi connectivity index (χ4v) is 2.02. The molecule has 0 heterocycles. The topological polar surface area (TPSA) is 35.2 Å². The summed E-state index contributed by atoms with van der Waals surface area (Å²) in [6.45, 7) is 0.171. The Labute approximate surface area is 120 Å². The van der Waals surface area contributed by atoms with E-state index < -0.39 is 0 Å². The van der Waals surface area contributed by atoms with E-state index in [4.69, 9.17) is 34.3 Å². The molecule has 0 aliphatic carbocycles. The molecule has 0 saturated heterocycles. The predicted octanol–water partition coefficient (Wildman–Crippen LogP) is 3.69. The third-order valence-electron chi connectivity index (χ3n) is 2.52. The lowest BCUT2D eigenvalue weighted by atomic mass is 10.1. The van der Waals surface area contributed by atoms with E-state index in [0.29, 0.717) is 21.9 Å². The van der Waals surface area contributed by atoms with Crippen LogP contribution in [0.5, 0.6) is 5.75 Å².